The Morgan fingerprint density at radius 2 is 1.00 bits per heavy atom. The van der Waals surface area contributed by atoms with E-state index in [1.807, 2.05) is 24.3 Å². The SMILES string of the molecule is [Cl][Pd]([Cl])([CH]1C=CC=C1)[CH]1C=CC=C1. The fourth-order valence-corrected chi connectivity index (χ4v) is 6.40. The van der Waals surface area contributed by atoms with Gasteiger partial charge in [0.2, 0.25) is 0 Å². The number of allylic oxidation sites excluding steroid dienone is 8. The first kappa shape index (κ1) is 9.75. The van der Waals surface area contributed by atoms with Crippen molar-refractivity contribution in [2.45, 2.75) is 8.78 Å². The molecule has 3 heteroatoms. The van der Waals surface area contributed by atoms with E-state index in [4.69, 9.17) is 19.1 Å². The molecule has 2 aliphatic rings. The van der Waals surface area contributed by atoms with Crippen molar-refractivity contribution in [2.24, 2.45) is 0 Å². The topological polar surface area (TPSA) is 0 Å². The predicted molar refractivity (Wildman–Crippen MR) is 55.8 cm³/mol. The van der Waals surface area contributed by atoms with E-state index in [1.165, 1.54) is 0 Å². The van der Waals surface area contributed by atoms with Crippen molar-refractivity contribution in [1.29, 1.82) is 0 Å². The standard InChI is InChI=1S/2C5H5.2ClH.Pd/c2*1-2-4-5-3-1;;;/h2*1-5H;2*1H;/q;;;;+2/p-2. The average Bonchev–Trinajstić information content (AvgIpc) is 2.78. The van der Waals surface area contributed by atoms with Crippen molar-refractivity contribution in [3.8, 4) is 0 Å². The Morgan fingerprint density at radius 3 is 1.31 bits per heavy atom. The fourth-order valence-electron chi connectivity index (χ4n) is 1.25. The molecular formula is C10H10Cl2Pd. The zero-order valence-electron chi connectivity index (χ0n) is 6.85. The molecule has 0 saturated heterocycles. The van der Waals surface area contributed by atoms with Crippen LogP contribution in [0, 0.1) is 0 Å². The van der Waals surface area contributed by atoms with Gasteiger partial charge in [-0.05, 0) is 0 Å². The van der Waals surface area contributed by atoms with E-state index in [9.17, 15) is 0 Å². The van der Waals surface area contributed by atoms with Crippen LogP contribution in [0.15, 0.2) is 48.6 Å². The van der Waals surface area contributed by atoms with Crippen LogP contribution in [0.4, 0.5) is 0 Å². The van der Waals surface area contributed by atoms with E-state index in [-0.39, 0.29) is 8.78 Å². The molecule has 0 aliphatic heterocycles. The van der Waals surface area contributed by atoms with Gasteiger partial charge in [-0.1, -0.05) is 0 Å². The van der Waals surface area contributed by atoms with Gasteiger partial charge in [0.25, 0.3) is 0 Å². The van der Waals surface area contributed by atoms with Gasteiger partial charge in [-0.2, -0.15) is 0 Å². The van der Waals surface area contributed by atoms with E-state index >= 15 is 0 Å². The second kappa shape index (κ2) is 3.75. The van der Waals surface area contributed by atoms with Crippen molar-refractivity contribution in [1.82, 2.24) is 0 Å². The first-order valence-corrected chi connectivity index (χ1v) is 9.74. The molecule has 0 heterocycles. The van der Waals surface area contributed by atoms with E-state index < -0.39 is 13.5 Å². The second-order valence-electron chi connectivity index (χ2n) is 2.77. The van der Waals surface area contributed by atoms with E-state index in [0.29, 0.717) is 0 Å². The van der Waals surface area contributed by atoms with Crippen LogP contribution in [-0.2, 0) is 13.5 Å². The summed E-state index contributed by atoms with van der Waals surface area (Å²) in [5.41, 5.74) is 0. The molecule has 0 radical (unpaired) electrons. The van der Waals surface area contributed by atoms with Gasteiger partial charge in [0.05, 0.1) is 0 Å². The maximum atomic E-state index is 6.46. The number of rotatable bonds is 2. The molecule has 0 fully saturated rings. The molecule has 0 aromatic rings. The minimum absolute atomic E-state index is 0.269. The number of hydrogen-bond donors (Lipinski definition) is 0. The molecule has 0 bridgehead atoms. The molecule has 74 valence electrons. The van der Waals surface area contributed by atoms with Crippen molar-refractivity contribution in [2.75, 3.05) is 0 Å². The van der Waals surface area contributed by atoms with Crippen molar-refractivity contribution in [3.05, 3.63) is 48.6 Å². The quantitative estimate of drug-likeness (QED) is 0.668. The molecule has 2 aliphatic carbocycles. The molecule has 0 amide bonds. The molecule has 0 aromatic carbocycles. The Hall–Kier alpha value is 0.202. The van der Waals surface area contributed by atoms with Gasteiger partial charge < -0.3 is 0 Å². The average molecular weight is 308 g/mol. The first-order chi connectivity index (χ1) is 6.21. The van der Waals surface area contributed by atoms with Crippen LogP contribution in [0.25, 0.3) is 0 Å². The van der Waals surface area contributed by atoms with Gasteiger partial charge in [0.15, 0.2) is 0 Å². The molecular weight excluding hydrogens is 297 g/mol. The maximum absolute atomic E-state index is 6.46. The molecule has 2 rings (SSSR count). The summed E-state index contributed by atoms with van der Waals surface area (Å²) in [6, 6.07) is 0. The van der Waals surface area contributed by atoms with Crippen molar-refractivity contribution >= 4 is 19.1 Å². The van der Waals surface area contributed by atoms with Gasteiger partial charge >= 0.3 is 89.9 Å². The van der Waals surface area contributed by atoms with Crippen LogP contribution in [0.5, 0.6) is 0 Å². The van der Waals surface area contributed by atoms with Gasteiger partial charge in [-0.3, -0.25) is 0 Å². The third kappa shape index (κ3) is 1.85. The molecule has 0 atom stereocenters. The summed E-state index contributed by atoms with van der Waals surface area (Å²) < 4.78 is 0.537. The van der Waals surface area contributed by atoms with E-state index in [0.717, 1.165) is 0 Å². The van der Waals surface area contributed by atoms with Crippen LogP contribution in [0.1, 0.15) is 0 Å². The van der Waals surface area contributed by atoms with E-state index in [2.05, 4.69) is 24.3 Å². The van der Waals surface area contributed by atoms with Gasteiger partial charge in [-0.15, -0.1) is 0 Å². The molecule has 0 saturated carbocycles. The monoisotopic (exact) mass is 306 g/mol. The van der Waals surface area contributed by atoms with Crippen LogP contribution in [-0.4, -0.2) is 0 Å². The molecule has 0 aromatic heterocycles. The molecule has 13 heavy (non-hydrogen) atoms. The van der Waals surface area contributed by atoms with Crippen LogP contribution >= 0.6 is 19.1 Å². The summed E-state index contributed by atoms with van der Waals surface area (Å²) in [5, 5.41) is 0. The van der Waals surface area contributed by atoms with Crippen LogP contribution in [0.2, 0.25) is 8.78 Å². The van der Waals surface area contributed by atoms with Gasteiger partial charge in [0.1, 0.15) is 0 Å². The Kier molecular flexibility index (Phi) is 2.81. The van der Waals surface area contributed by atoms with Gasteiger partial charge in [0, 0.05) is 0 Å². The second-order valence-corrected chi connectivity index (χ2v) is 12.3. The minimum atomic E-state index is -2.36. The fraction of sp³-hybridized carbons (Fsp3) is 0.200. The molecule has 0 nitrogen and oxygen atoms in total. The zero-order valence-corrected chi connectivity index (χ0v) is 9.91. The summed E-state index contributed by atoms with van der Waals surface area (Å²) >= 11 is -2.36. The number of halogens is 2. The Balaban J connectivity index is 2.19. The van der Waals surface area contributed by atoms with Crippen molar-refractivity contribution < 1.29 is 13.5 Å². The third-order valence-corrected chi connectivity index (χ3v) is 9.65. The zero-order chi connectivity index (χ0) is 9.31. The summed E-state index contributed by atoms with van der Waals surface area (Å²) in [7, 11) is 12.9. The third-order valence-electron chi connectivity index (χ3n) is 1.92. The Morgan fingerprint density at radius 1 is 0.692 bits per heavy atom. The molecule has 0 unspecified atom stereocenters. The van der Waals surface area contributed by atoms with E-state index in [1.54, 1.807) is 0 Å². The normalized spacial score (nSPS) is 23.5. The Bertz CT molecular complexity index is 259. The summed E-state index contributed by atoms with van der Waals surface area (Å²) in [6.07, 6.45) is 16.4. The molecule has 0 spiro atoms. The summed E-state index contributed by atoms with van der Waals surface area (Å²) in [4.78, 5) is 0. The van der Waals surface area contributed by atoms with Gasteiger partial charge in [-0.25, -0.2) is 0 Å². The Labute approximate surface area is 89.6 Å². The summed E-state index contributed by atoms with van der Waals surface area (Å²) in [5.74, 6) is 0. The van der Waals surface area contributed by atoms with Crippen molar-refractivity contribution in [3.63, 3.8) is 0 Å². The summed E-state index contributed by atoms with van der Waals surface area (Å²) in [6.45, 7) is 0. The van der Waals surface area contributed by atoms with Crippen LogP contribution < -0.4 is 0 Å². The van der Waals surface area contributed by atoms with Crippen LogP contribution in [0.3, 0.4) is 0 Å². The first-order valence-electron chi connectivity index (χ1n) is 3.94. The predicted octanol–water partition coefficient (Wildman–Crippen LogP) is 4.28. The number of hydrogen-bond acceptors (Lipinski definition) is 0. The molecule has 0 N–H and O–H groups in total.